The van der Waals surface area contributed by atoms with E-state index >= 15 is 0 Å². The highest BCUT2D eigenvalue weighted by Gasteiger charge is 2.22. The van der Waals surface area contributed by atoms with Crippen LogP contribution in [0.1, 0.15) is 5.82 Å². The second-order valence-electron chi connectivity index (χ2n) is 2.79. The lowest BCUT2D eigenvalue weighted by atomic mass is 10.4. The Bertz CT molecular complexity index is 387. The van der Waals surface area contributed by atoms with E-state index in [2.05, 4.69) is 22.8 Å². The van der Waals surface area contributed by atoms with Crippen LogP contribution in [0.25, 0.3) is 0 Å². The predicted molar refractivity (Wildman–Crippen MR) is 60.9 cm³/mol. The minimum absolute atomic E-state index is 0.165. The number of carbonyl (C=O) groups is 1. The van der Waals surface area contributed by atoms with Gasteiger partial charge in [-0.2, -0.15) is 9.97 Å². The number of nitrogens with zero attached hydrogens (tertiary/aromatic N) is 3. The summed E-state index contributed by atoms with van der Waals surface area (Å²) in [6.45, 7) is 1.67. The largest absolute Gasteiger partial charge is 0.479 e. The number of aryl methyl sites for hydroxylation is 1. The highest BCUT2D eigenvalue weighted by atomic mass is 32.1. The van der Waals surface area contributed by atoms with Gasteiger partial charge in [0.1, 0.15) is 5.82 Å². The summed E-state index contributed by atoms with van der Waals surface area (Å²) < 4.78 is 10.9. The van der Waals surface area contributed by atoms with Crippen LogP contribution in [-0.4, -0.2) is 30.2 Å². The molecule has 7 nitrogen and oxygen atoms in total. The number of hydrogen-bond acceptors (Lipinski definition) is 6. The van der Waals surface area contributed by atoms with E-state index in [1.165, 1.54) is 14.2 Å². The van der Waals surface area contributed by atoms with Crippen molar-refractivity contribution < 1.29 is 14.3 Å². The maximum atomic E-state index is 11.0. The quantitative estimate of drug-likeness (QED) is 0.757. The molecule has 0 spiro atoms. The SMILES string of the molecule is COc1nc(C)nc(OC)c1N(S)C(N)=O. The molecule has 0 fully saturated rings. The molecular formula is C8H12N4O3S. The van der Waals surface area contributed by atoms with Crippen LogP contribution in [0, 0.1) is 6.92 Å². The van der Waals surface area contributed by atoms with E-state index in [1.807, 2.05) is 0 Å². The molecule has 0 aliphatic rings. The standard InChI is InChI=1S/C8H12N4O3S/c1-4-10-6(14-2)5(7(11-4)15-3)12(16)8(9)13/h16H,1-3H3,(H2,9,13). The summed E-state index contributed by atoms with van der Waals surface area (Å²) in [6, 6.07) is -0.785. The summed E-state index contributed by atoms with van der Waals surface area (Å²) in [5, 5.41) is 0. The minimum Gasteiger partial charge on any atom is -0.479 e. The lowest BCUT2D eigenvalue weighted by Crippen LogP contribution is -2.28. The summed E-state index contributed by atoms with van der Waals surface area (Å²) in [7, 11) is 2.82. The van der Waals surface area contributed by atoms with Crippen molar-refractivity contribution in [3.8, 4) is 11.8 Å². The van der Waals surface area contributed by atoms with Crippen molar-refractivity contribution in [2.75, 3.05) is 18.5 Å². The monoisotopic (exact) mass is 244 g/mol. The van der Waals surface area contributed by atoms with Gasteiger partial charge < -0.3 is 15.2 Å². The molecule has 0 aliphatic carbocycles. The Morgan fingerprint density at radius 2 is 1.75 bits per heavy atom. The van der Waals surface area contributed by atoms with Gasteiger partial charge in [-0.05, 0) is 6.92 Å². The molecule has 0 aliphatic heterocycles. The Labute approximate surface area is 98.1 Å². The van der Waals surface area contributed by atoms with Gasteiger partial charge in [0.2, 0.25) is 11.8 Å². The van der Waals surface area contributed by atoms with E-state index in [1.54, 1.807) is 6.92 Å². The molecule has 2 N–H and O–H groups in total. The number of anilines is 1. The number of aromatic nitrogens is 2. The van der Waals surface area contributed by atoms with E-state index in [4.69, 9.17) is 15.2 Å². The molecular weight excluding hydrogens is 232 g/mol. The third kappa shape index (κ3) is 2.27. The molecule has 0 bridgehead atoms. The average Bonchev–Trinajstić information content (AvgIpc) is 2.26. The zero-order chi connectivity index (χ0) is 12.3. The fourth-order valence-electron chi connectivity index (χ4n) is 1.09. The lowest BCUT2D eigenvalue weighted by Gasteiger charge is -2.17. The Kier molecular flexibility index (Phi) is 3.78. The Balaban J connectivity index is 3.38. The molecule has 0 unspecified atom stereocenters. The second kappa shape index (κ2) is 4.88. The van der Waals surface area contributed by atoms with Crippen LogP contribution in [0.15, 0.2) is 0 Å². The first kappa shape index (κ1) is 12.4. The smallest absolute Gasteiger partial charge is 0.329 e. The highest BCUT2D eigenvalue weighted by Crippen LogP contribution is 2.35. The van der Waals surface area contributed by atoms with Crippen LogP contribution >= 0.6 is 12.8 Å². The molecule has 0 radical (unpaired) electrons. The summed E-state index contributed by atoms with van der Waals surface area (Å²) in [5.74, 6) is 0.778. The number of nitrogens with two attached hydrogens (primary N) is 1. The Morgan fingerprint density at radius 3 is 2.06 bits per heavy atom. The normalized spacial score (nSPS) is 9.75. The van der Waals surface area contributed by atoms with Crippen molar-refractivity contribution in [3.63, 3.8) is 0 Å². The van der Waals surface area contributed by atoms with E-state index in [0.717, 1.165) is 4.31 Å². The molecule has 1 rings (SSSR count). The Morgan fingerprint density at radius 1 is 1.31 bits per heavy atom. The maximum Gasteiger partial charge on any atom is 0.329 e. The van der Waals surface area contributed by atoms with Gasteiger partial charge in [0.15, 0.2) is 5.69 Å². The number of primary amides is 1. The van der Waals surface area contributed by atoms with Crippen LogP contribution in [-0.2, 0) is 0 Å². The van der Waals surface area contributed by atoms with E-state index < -0.39 is 6.03 Å². The first-order valence-corrected chi connectivity index (χ1v) is 4.66. The predicted octanol–water partition coefficient (Wildman–Crippen LogP) is 0.532. The van der Waals surface area contributed by atoms with Crippen LogP contribution in [0.5, 0.6) is 11.8 Å². The zero-order valence-corrected chi connectivity index (χ0v) is 9.99. The molecule has 0 saturated heterocycles. The first-order valence-electron chi connectivity index (χ1n) is 4.26. The summed E-state index contributed by atoms with van der Waals surface area (Å²) in [5.41, 5.74) is 5.27. The van der Waals surface area contributed by atoms with Crippen molar-refractivity contribution in [2.24, 2.45) is 5.73 Å². The molecule has 8 heteroatoms. The molecule has 2 amide bonds. The number of ether oxygens (including phenoxy) is 2. The molecule has 88 valence electrons. The van der Waals surface area contributed by atoms with Crippen molar-refractivity contribution in [1.29, 1.82) is 0 Å². The van der Waals surface area contributed by atoms with Crippen LogP contribution in [0.3, 0.4) is 0 Å². The van der Waals surface area contributed by atoms with Gasteiger partial charge in [-0.15, -0.1) is 0 Å². The number of hydrogen-bond donors (Lipinski definition) is 2. The topological polar surface area (TPSA) is 90.6 Å². The molecule has 0 saturated carbocycles. The van der Waals surface area contributed by atoms with Crippen LogP contribution in [0.4, 0.5) is 10.5 Å². The van der Waals surface area contributed by atoms with Crippen LogP contribution in [0.2, 0.25) is 0 Å². The van der Waals surface area contributed by atoms with Gasteiger partial charge in [-0.25, -0.2) is 9.10 Å². The fraction of sp³-hybridized carbons (Fsp3) is 0.375. The molecule has 1 aromatic rings. The van der Waals surface area contributed by atoms with Crippen molar-refractivity contribution >= 4 is 24.5 Å². The molecule has 0 atom stereocenters. The van der Waals surface area contributed by atoms with E-state index in [9.17, 15) is 4.79 Å². The molecule has 16 heavy (non-hydrogen) atoms. The van der Waals surface area contributed by atoms with Crippen molar-refractivity contribution in [1.82, 2.24) is 9.97 Å². The van der Waals surface area contributed by atoms with Gasteiger partial charge in [-0.3, -0.25) is 0 Å². The van der Waals surface area contributed by atoms with Gasteiger partial charge in [0, 0.05) is 0 Å². The summed E-state index contributed by atoms with van der Waals surface area (Å²) in [6.07, 6.45) is 0. The van der Waals surface area contributed by atoms with E-state index in [0.29, 0.717) is 5.82 Å². The number of carbonyl (C=O) groups excluding carboxylic acids is 1. The summed E-state index contributed by atoms with van der Waals surface area (Å²) >= 11 is 3.91. The second-order valence-corrected chi connectivity index (χ2v) is 3.19. The number of urea groups is 1. The maximum absolute atomic E-state index is 11.0. The average molecular weight is 244 g/mol. The van der Waals surface area contributed by atoms with Gasteiger partial charge in [-0.1, -0.05) is 12.8 Å². The van der Waals surface area contributed by atoms with Gasteiger partial charge in [0.25, 0.3) is 0 Å². The molecule has 0 aromatic carbocycles. The number of methoxy groups -OCH3 is 2. The van der Waals surface area contributed by atoms with Crippen LogP contribution < -0.4 is 19.5 Å². The third-order valence-electron chi connectivity index (χ3n) is 1.74. The molecule has 1 aromatic heterocycles. The van der Waals surface area contributed by atoms with Crippen molar-refractivity contribution in [3.05, 3.63) is 5.82 Å². The molecule has 1 heterocycles. The minimum atomic E-state index is -0.785. The van der Waals surface area contributed by atoms with Gasteiger partial charge in [0.05, 0.1) is 14.2 Å². The lowest BCUT2D eigenvalue weighted by molar-refractivity contribution is 0.257. The zero-order valence-electron chi connectivity index (χ0n) is 9.09. The third-order valence-corrected chi connectivity index (χ3v) is 2.14. The number of amides is 2. The van der Waals surface area contributed by atoms with Gasteiger partial charge >= 0.3 is 6.03 Å². The summed E-state index contributed by atoms with van der Waals surface area (Å²) in [4.78, 5) is 19.0. The van der Waals surface area contributed by atoms with E-state index in [-0.39, 0.29) is 17.4 Å². The first-order chi connectivity index (χ1) is 7.51. The Hall–Kier alpha value is -1.70. The number of rotatable bonds is 3. The number of thiol groups is 1. The fourth-order valence-corrected chi connectivity index (χ4v) is 1.26. The van der Waals surface area contributed by atoms with Crippen molar-refractivity contribution in [2.45, 2.75) is 6.92 Å². The highest BCUT2D eigenvalue weighted by molar-refractivity contribution is 7.82.